The molecule has 2 aromatic carbocycles. The maximum absolute atomic E-state index is 5.89. The van der Waals surface area contributed by atoms with Crippen molar-refractivity contribution in [2.45, 2.75) is 51.4 Å². The molecule has 0 fully saturated rings. The van der Waals surface area contributed by atoms with Crippen molar-refractivity contribution in [3.63, 3.8) is 0 Å². The zero-order valence-corrected chi connectivity index (χ0v) is 24.1. The summed E-state index contributed by atoms with van der Waals surface area (Å²) in [4.78, 5) is 4.36. The van der Waals surface area contributed by atoms with Gasteiger partial charge in [0.05, 0.1) is 27.4 Å². The van der Waals surface area contributed by atoms with E-state index in [4.69, 9.17) is 18.9 Å². The monoisotopic (exact) mass is 550 g/mol. The van der Waals surface area contributed by atoms with Gasteiger partial charge in [0.25, 0.3) is 0 Å². The number of unbranched alkanes of at least 4 members (excludes halogenated alkanes) is 4. The van der Waals surface area contributed by atoms with Gasteiger partial charge in [0, 0.05) is 14.6 Å². The number of rotatable bonds is 17. The second-order valence-corrected chi connectivity index (χ2v) is 11.3. The Labute approximate surface area is 235 Å². The van der Waals surface area contributed by atoms with Crippen LogP contribution in [0.4, 0.5) is 0 Å². The zero-order valence-electron chi connectivity index (χ0n) is 22.4. The van der Waals surface area contributed by atoms with E-state index in [0.717, 1.165) is 61.9 Å². The van der Waals surface area contributed by atoms with Crippen LogP contribution in [0.25, 0.3) is 9.75 Å². The standard InChI is InChI=1S/C32H38O4S2/c1-33-26-13-17-28(18-14-26)35-21-7-3-5-10-25-24-30(38-32(25)31-12-9-23-37-31)11-6-4-8-22-36-29-19-15-27(34-2)16-20-29/h9,12-20,23-24H,3-8,10-11,21-22H2,1-2H3. The summed E-state index contributed by atoms with van der Waals surface area (Å²) < 4.78 is 22.2. The van der Waals surface area contributed by atoms with Crippen molar-refractivity contribution in [3.8, 4) is 32.8 Å². The smallest absolute Gasteiger partial charge is 0.119 e. The SMILES string of the molecule is COc1ccc(OCCCCCc2cc(CCCCCOc3ccc(OC)cc3)c(-c3cccs3)s2)cc1. The van der Waals surface area contributed by atoms with Gasteiger partial charge in [-0.15, -0.1) is 22.7 Å². The minimum absolute atomic E-state index is 0.751. The summed E-state index contributed by atoms with van der Waals surface area (Å²) >= 11 is 3.83. The quantitative estimate of drug-likeness (QED) is 0.123. The Morgan fingerprint density at radius 2 is 1.16 bits per heavy atom. The summed E-state index contributed by atoms with van der Waals surface area (Å²) in [5.74, 6) is 3.52. The molecule has 0 aliphatic carbocycles. The molecule has 0 amide bonds. The van der Waals surface area contributed by atoms with Crippen LogP contribution >= 0.6 is 22.7 Å². The lowest BCUT2D eigenvalue weighted by molar-refractivity contribution is 0.304. The molecular formula is C32H38O4S2. The highest BCUT2D eigenvalue weighted by Crippen LogP contribution is 2.37. The fourth-order valence-electron chi connectivity index (χ4n) is 4.31. The average Bonchev–Trinajstić information content (AvgIpc) is 3.63. The van der Waals surface area contributed by atoms with E-state index in [1.165, 1.54) is 45.9 Å². The second kappa shape index (κ2) is 15.5. The highest BCUT2D eigenvalue weighted by Gasteiger charge is 2.12. The minimum Gasteiger partial charge on any atom is -0.497 e. The summed E-state index contributed by atoms with van der Waals surface area (Å²) in [6.07, 6.45) is 9.12. The van der Waals surface area contributed by atoms with E-state index in [2.05, 4.69) is 23.6 Å². The molecule has 4 aromatic rings. The first kappa shape index (κ1) is 28.1. The highest BCUT2D eigenvalue weighted by atomic mass is 32.1. The van der Waals surface area contributed by atoms with E-state index >= 15 is 0 Å². The highest BCUT2D eigenvalue weighted by molar-refractivity contribution is 7.21. The van der Waals surface area contributed by atoms with Gasteiger partial charge in [-0.2, -0.15) is 0 Å². The Morgan fingerprint density at radius 1 is 0.605 bits per heavy atom. The first-order valence-corrected chi connectivity index (χ1v) is 15.1. The van der Waals surface area contributed by atoms with Crippen LogP contribution in [0.5, 0.6) is 23.0 Å². The van der Waals surface area contributed by atoms with Crippen LogP contribution in [0.15, 0.2) is 72.1 Å². The summed E-state index contributed by atoms with van der Waals surface area (Å²) in [5, 5.41) is 2.18. The fraction of sp³-hybridized carbons (Fsp3) is 0.375. The Morgan fingerprint density at radius 3 is 1.68 bits per heavy atom. The molecule has 0 N–H and O–H groups in total. The largest absolute Gasteiger partial charge is 0.497 e. The molecule has 0 aliphatic rings. The van der Waals surface area contributed by atoms with Crippen molar-refractivity contribution in [3.05, 3.63) is 82.6 Å². The molecule has 0 radical (unpaired) electrons. The molecule has 6 heteroatoms. The number of ether oxygens (including phenoxy) is 4. The van der Waals surface area contributed by atoms with Gasteiger partial charge in [-0.05, 0) is 123 Å². The third-order valence-electron chi connectivity index (χ3n) is 6.42. The molecule has 4 nitrogen and oxygen atoms in total. The van der Waals surface area contributed by atoms with Crippen LogP contribution in [-0.2, 0) is 12.8 Å². The van der Waals surface area contributed by atoms with Gasteiger partial charge in [-0.1, -0.05) is 6.07 Å². The molecule has 4 rings (SSSR count). The number of hydrogen-bond donors (Lipinski definition) is 0. The first-order valence-electron chi connectivity index (χ1n) is 13.4. The van der Waals surface area contributed by atoms with Gasteiger partial charge in [-0.25, -0.2) is 0 Å². The maximum atomic E-state index is 5.89. The van der Waals surface area contributed by atoms with E-state index in [1.807, 2.05) is 71.2 Å². The van der Waals surface area contributed by atoms with E-state index in [9.17, 15) is 0 Å². The van der Waals surface area contributed by atoms with Crippen molar-refractivity contribution in [2.75, 3.05) is 27.4 Å². The van der Waals surface area contributed by atoms with Crippen LogP contribution in [0, 0.1) is 0 Å². The normalized spacial score (nSPS) is 10.9. The lowest BCUT2D eigenvalue weighted by Crippen LogP contribution is -1.98. The van der Waals surface area contributed by atoms with Crippen molar-refractivity contribution < 1.29 is 18.9 Å². The third kappa shape index (κ3) is 8.81. The Hall–Kier alpha value is -2.96. The number of benzene rings is 2. The molecule has 0 atom stereocenters. The van der Waals surface area contributed by atoms with Crippen molar-refractivity contribution in [1.82, 2.24) is 0 Å². The number of thiophene rings is 2. The maximum Gasteiger partial charge on any atom is 0.119 e. The molecule has 2 heterocycles. The van der Waals surface area contributed by atoms with Crippen LogP contribution in [0.2, 0.25) is 0 Å². The molecule has 0 aliphatic heterocycles. The topological polar surface area (TPSA) is 36.9 Å². The first-order chi connectivity index (χ1) is 18.7. The third-order valence-corrected chi connectivity index (χ3v) is 8.71. The molecule has 0 saturated carbocycles. The van der Waals surface area contributed by atoms with Gasteiger partial charge >= 0.3 is 0 Å². The number of methoxy groups -OCH3 is 2. The van der Waals surface area contributed by atoms with Gasteiger partial charge in [-0.3, -0.25) is 0 Å². The van der Waals surface area contributed by atoms with Crippen LogP contribution in [0.3, 0.4) is 0 Å². The number of aryl methyl sites for hydroxylation is 2. The Balaban J connectivity index is 1.17. The second-order valence-electron chi connectivity index (χ2n) is 9.21. The molecule has 2 aromatic heterocycles. The summed E-state index contributed by atoms with van der Waals surface area (Å²) in [7, 11) is 3.36. The van der Waals surface area contributed by atoms with Gasteiger partial charge in [0.15, 0.2) is 0 Å². The molecule has 0 unspecified atom stereocenters. The van der Waals surface area contributed by atoms with Crippen molar-refractivity contribution in [2.24, 2.45) is 0 Å². The lowest BCUT2D eigenvalue weighted by atomic mass is 10.1. The average molecular weight is 551 g/mol. The van der Waals surface area contributed by atoms with Gasteiger partial charge in [0.1, 0.15) is 23.0 Å². The minimum atomic E-state index is 0.751. The fourth-order valence-corrected chi connectivity index (χ4v) is 6.45. The number of hydrogen-bond acceptors (Lipinski definition) is 6. The predicted molar refractivity (Wildman–Crippen MR) is 160 cm³/mol. The van der Waals surface area contributed by atoms with Crippen LogP contribution < -0.4 is 18.9 Å². The zero-order chi connectivity index (χ0) is 26.4. The molecule has 0 spiro atoms. The summed E-state index contributed by atoms with van der Waals surface area (Å²) in [6, 6.07) is 22.5. The van der Waals surface area contributed by atoms with Crippen molar-refractivity contribution >= 4 is 22.7 Å². The van der Waals surface area contributed by atoms with E-state index in [1.54, 1.807) is 14.2 Å². The summed E-state index contributed by atoms with van der Waals surface area (Å²) in [5.41, 5.74) is 1.51. The predicted octanol–water partition coefficient (Wildman–Crippen LogP) is 9.08. The van der Waals surface area contributed by atoms with Crippen LogP contribution in [-0.4, -0.2) is 27.4 Å². The summed E-state index contributed by atoms with van der Waals surface area (Å²) in [6.45, 7) is 1.51. The van der Waals surface area contributed by atoms with Gasteiger partial charge in [0.2, 0.25) is 0 Å². The Bertz CT molecular complexity index is 1180. The molecule has 0 bridgehead atoms. The molecule has 202 valence electrons. The molecule has 38 heavy (non-hydrogen) atoms. The van der Waals surface area contributed by atoms with Gasteiger partial charge < -0.3 is 18.9 Å². The Kier molecular flexibility index (Phi) is 11.4. The molecule has 0 saturated heterocycles. The van der Waals surface area contributed by atoms with Crippen molar-refractivity contribution in [1.29, 1.82) is 0 Å². The van der Waals surface area contributed by atoms with E-state index < -0.39 is 0 Å². The van der Waals surface area contributed by atoms with E-state index in [-0.39, 0.29) is 0 Å². The van der Waals surface area contributed by atoms with Crippen LogP contribution in [0.1, 0.15) is 49.0 Å². The van der Waals surface area contributed by atoms with E-state index in [0.29, 0.717) is 0 Å². The lowest BCUT2D eigenvalue weighted by Gasteiger charge is -2.07. The molecular weight excluding hydrogens is 512 g/mol.